The standard InChI is InChI=1S/C8H6N2/c9-7-10-6-8-4-2-1-3-5-8/h1-6H/b10-6+. The van der Waals surface area contributed by atoms with E-state index in [1.807, 2.05) is 30.3 Å². The summed E-state index contributed by atoms with van der Waals surface area (Å²) < 4.78 is 0. The van der Waals surface area contributed by atoms with Crippen LogP contribution in [0.2, 0.25) is 0 Å². The fraction of sp³-hybridized carbons (Fsp3) is 0. The molecule has 0 fully saturated rings. The fourth-order valence-corrected chi connectivity index (χ4v) is 0.643. The first-order valence-electron chi connectivity index (χ1n) is 2.90. The number of benzene rings is 1. The largest absolute Gasteiger partial charge is 0.205 e. The average Bonchev–Trinajstić information content (AvgIpc) is 2.03. The minimum Gasteiger partial charge on any atom is -0.181 e. The number of hydrogen-bond donors (Lipinski definition) is 0. The van der Waals surface area contributed by atoms with Gasteiger partial charge >= 0.3 is 0 Å². The quantitative estimate of drug-likeness (QED) is 0.420. The van der Waals surface area contributed by atoms with Crippen LogP contribution in [-0.4, -0.2) is 6.21 Å². The van der Waals surface area contributed by atoms with Crippen LogP contribution in [0.15, 0.2) is 35.3 Å². The van der Waals surface area contributed by atoms with Gasteiger partial charge in [-0.1, -0.05) is 30.3 Å². The third-order valence-electron chi connectivity index (χ3n) is 1.07. The highest BCUT2D eigenvalue weighted by Crippen LogP contribution is 1.92. The zero-order valence-electron chi connectivity index (χ0n) is 5.36. The first-order valence-corrected chi connectivity index (χ1v) is 2.90. The lowest BCUT2D eigenvalue weighted by atomic mass is 10.2. The molecule has 48 valence electrons. The van der Waals surface area contributed by atoms with Gasteiger partial charge in [-0.25, -0.2) is 0 Å². The van der Waals surface area contributed by atoms with Crippen molar-refractivity contribution < 1.29 is 0 Å². The summed E-state index contributed by atoms with van der Waals surface area (Å²) in [7, 11) is 0. The maximum Gasteiger partial charge on any atom is 0.205 e. The van der Waals surface area contributed by atoms with Gasteiger partial charge in [-0.3, -0.25) is 0 Å². The first-order chi connectivity index (χ1) is 4.93. The van der Waals surface area contributed by atoms with Crippen molar-refractivity contribution in [3.63, 3.8) is 0 Å². The van der Waals surface area contributed by atoms with Crippen LogP contribution >= 0.6 is 0 Å². The lowest BCUT2D eigenvalue weighted by molar-refractivity contribution is 1.44. The van der Waals surface area contributed by atoms with Gasteiger partial charge in [0.1, 0.15) is 0 Å². The van der Waals surface area contributed by atoms with Crippen molar-refractivity contribution in [2.45, 2.75) is 0 Å². The minimum absolute atomic E-state index is 0.948. The van der Waals surface area contributed by atoms with Crippen LogP contribution in [0.5, 0.6) is 0 Å². The minimum atomic E-state index is 0.948. The highest BCUT2D eigenvalue weighted by molar-refractivity contribution is 5.79. The van der Waals surface area contributed by atoms with Gasteiger partial charge in [-0.05, 0) is 5.56 Å². The molecule has 0 aliphatic carbocycles. The molecule has 2 nitrogen and oxygen atoms in total. The molecule has 10 heavy (non-hydrogen) atoms. The van der Waals surface area contributed by atoms with E-state index < -0.39 is 0 Å². The van der Waals surface area contributed by atoms with Crippen molar-refractivity contribution >= 4 is 6.21 Å². The second-order valence-electron chi connectivity index (χ2n) is 1.77. The van der Waals surface area contributed by atoms with Crippen molar-refractivity contribution in [1.29, 1.82) is 5.26 Å². The van der Waals surface area contributed by atoms with E-state index in [9.17, 15) is 0 Å². The van der Waals surface area contributed by atoms with Crippen LogP contribution < -0.4 is 0 Å². The SMILES string of the molecule is N#C/N=C/c1ccccc1. The topological polar surface area (TPSA) is 36.1 Å². The molecule has 2 heteroatoms. The summed E-state index contributed by atoms with van der Waals surface area (Å²) in [5.74, 6) is 0. The van der Waals surface area contributed by atoms with E-state index in [1.54, 1.807) is 6.19 Å². The van der Waals surface area contributed by atoms with Crippen LogP contribution in [0.1, 0.15) is 5.56 Å². The molecular formula is C8H6N2. The number of aliphatic imine (C=N–C) groups is 1. The van der Waals surface area contributed by atoms with Gasteiger partial charge in [0.05, 0.1) is 0 Å². The molecule has 0 aliphatic heterocycles. The highest BCUT2D eigenvalue weighted by Gasteiger charge is 1.80. The lowest BCUT2D eigenvalue weighted by Gasteiger charge is -1.85. The van der Waals surface area contributed by atoms with Gasteiger partial charge < -0.3 is 0 Å². The van der Waals surface area contributed by atoms with E-state index in [1.165, 1.54) is 6.21 Å². The summed E-state index contributed by atoms with van der Waals surface area (Å²) in [6.45, 7) is 0. The van der Waals surface area contributed by atoms with Crippen LogP contribution in [-0.2, 0) is 0 Å². The van der Waals surface area contributed by atoms with Crippen LogP contribution in [0.4, 0.5) is 0 Å². The second kappa shape index (κ2) is 3.41. The monoisotopic (exact) mass is 130 g/mol. The van der Waals surface area contributed by atoms with Crippen LogP contribution in [0.3, 0.4) is 0 Å². The molecule has 1 aromatic carbocycles. The molecule has 0 N–H and O–H groups in total. The maximum atomic E-state index is 8.08. The van der Waals surface area contributed by atoms with Crippen molar-refractivity contribution in [2.75, 3.05) is 0 Å². The first kappa shape index (κ1) is 6.50. The average molecular weight is 130 g/mol. The van der Waals surface area contributed by atoms with E-state index in [-0.39, 0.29) is 0 Å². The Morgan fingerprint density at radius 3 is 2.60 bits per heavy atom. The second-order valence-corrected chi connectivity index (χ2v) is 1.77. The Hall–Kier alpha value is -1.62. The zero-order valence-corrected chi connectivity index (χ0v) is 5.36. The number of rotatable bonds is 1. The maximum absolute atomic E-state index is 8.08. The summed E-state index contributed by atoms with van der Waals surface area (Å²) in [5, 5.41) is 8.08. The smallest absolute Gasteiger partial charge is 0.181 e. The van der Waals surface area contributed by atoms with Gasteiger partial charge in [0.25, 0.3) is 0 Å². The Morgan fingerprint density at radius 2 is 2.00 bits per heavy atom. The Kier molecular flexibility index (Phi) is 2.22. The Bertz CT molecular complexity index is 256. The van der Waals surface area contributed by atoms with Crippen molar-refractivity contribution in [2.24, 2.45) is 4.99 Å². The summed E-state index contributed by atoms with van der Waals surface area (Å²) >= 11 is 0. The number of nitrogens with zero attached hydrogens (tertiary/aromatic N) is 2. The molecule has 1 aromatic rings. The Morgan fingerprint density at radius 1 is 1.30 bits per heavy atom. The van der Waals surface area contributed by atoms with E-state index in [0.717, 1.165) is 5.56 Å². The summed E-state index contributed by atoms with van der Waals surface area (Å²) in [6.07, 6.45) is 3.21. The molecule has 0 aromatic heterocycles. The molecule has 0 aliphatic rings. The molecular weight excluding hydrogens is 124 g/mol. The predicted molar refractivity (Wildman–Crippen MR) is 39.6 cm³/mol. The third kappa shape index (κ3) is 1.71. The molecule has 0 saturated carbocycles. The van der Waals surface area contributed by atoms with Crippen molar-refractivity contribution in [1.82, 2.24) is 0 Å². The molecule has 1 rings (SSSR count). The van der Waals surface area contributed by atoms with Crippen molar-refractivity contribution in [3.8, 4) is 6.19 Å². The highest BCUT2D eigenvalue weighted by atomic mass is 14.7. The van der Waals surface area contributed by atoms with Gasteiger partial charge in [0, 0.05) is 6.21 Å². The van der Waals surface area contributed by atoms with Gasteiger partial charge in [-0.2, -0.15) is 10.3 Å². The van der Waals surface area contributed by atoms with Crippen molar-refractivity contribution in [3.05, 3.63) is 35.9 Å². The van der Waals surface area contributed by atoms with E-state index in [2.05, 4.69) is 4.99 Å². The molecule has 0 atom stereocenters. The predicted octanol–water partition coefficient (Wildman–Crippen LogP) is 1.59. The molecule has 0 saturated heterocycles. The van der Waals surface area contributed by atoms with Crippen LogP contribution in [0.25, 0.3) is 0 Å². The molecule has 0 spiro atoms. The third-order valence-corrected chi connectivity index (χ3v) is 1.07. The van der Waals surface area contributed by atoms with Gasteiger partial charge in [-0.15, -0.1) is 0 Å². The summed E-state index contributed by atoms with van der Waals surface area (Å²) in [5.41, 5.74) is 0.948. The lowest BCUT2D eigenvalue weighted by Crippen LogP contribution is -1.75. The van der Waals surface area contributed by atoms with Crippen LogP contribution in [0, 0.1) is 11.5 Å². The number of nitriles is 1. The molecule has 0 bridgehead atoms. The molecule has 0 heterocycles. The number of hydrogen-bond acceptors (Lipinski definition) is 2. The molecule has 0 amide bonds. The summed E-state index contributed by atoms with van der Waals surface area (Å²) in [6, 6.07) is 9.50. The van der Waals surface area contributed by atoms with E-state index in [4.69, 9.17) is 5.26 Å². The zero-order chi connectivity index (χ0) is 7.23. The normalized spacial score (nSPS) is 9.50. The Balaban J connectivity index is 2.79. The fourth-order valence-electron chi connectivity index (χ4n) is 0.643. The van der Waals surface area contributed by atoms with Gasteiger partial charge in [0.2, 0.25) is 6.19 Å². The Labute approximate surface area is 59.4 Å². The van der Waals surface area contributed by atoms with E-state index in [0.29, 0.717) is 0 Å². The molecule has 0 radical (unpaired) electrons. The van der Waals surface area contributed by atoms with E-state index >= 15 is 0 Å². The van der Waals surface area contributed by atoms with Gasteiger partial charge in [0.15, 0.2) is 0 Å². The summed E-state index contributed by atoms with van der Waals surface area (Å²) in [4.78, 5) is 3.42. The molecule has 0 unspecified atom stereocenters.